The van der Waals surface area contributed by atoms with Crippen LogP contribution in [0.15, 0.2) is 48.5 Å². The van der Waals surface area contributed by atoms with Crippen LogP contribution >= 0.6 is 0 Å². The number of nitrogens with one attached hydrogen (secondary N) is 1. The number of hydrogen-bond donors (Lipinski definition) is 1. The average Bonchev–Trinajstić information content (AvgIpc) is 3.06. The van der Waals surface area contributed by atoms with E-state index < -0.39 is 11.7 Å². The Labute approximate surface area is 133 Å². The topological polar surface area (TPSA) is 21.3 Å². The molecule has 1 atom stereocenters. The van der Waals surface area contributed by atoms with Gasteiger partial charge in [0.25, 0.3) is 0 Å². The molecule has 1 aliphatic rings. The summed E-state index contributed by atoms with van der Waals surface area (Å²) in [5.74, 6) is 0. The van der Waals surface area contributed by atoms with E-state index in [1.165, 1.54) is 12.1 Å². The predicted octanol–water partition coefficient (Wildman–Crippen LogP) is 4.25. The molecule has 5 heteroatoms. The molecule has 1 heterocycles. The van der Waals surface area contributed by atoms with Crippen LogP contribution in [0.2, 0.25) is 0 Å². The van der Waals surface area contributed by atoms with Crippen LogP contribution in [0.1, 0.15) is 17.5 Å². The number of ether oxygens (including phenoxy) is 1. The van der Waals surface area contributed by atoms with E-state index in [0.29, 0.717) is 12.2 Å². The molecule has 2 nitrogen and oxygen atoms in total. The van der Waals surface area contributed by atoms with E-state index in [9.17, 15) is 13.2 Å². The normalized spacial score (nSPS) is 18.3. The van der Waals surface area contributed by atoms with E-state index in [-0.39, 0.29) is 6.10 Å². The Balaban J connectivity index is 1.85. The zero-order chi connectivity index (χ0) is 16.3. The first kappa shape index (κ1) is 16.0. The standard InChI is InChI=1S/C18H18F3NO/c19-18(20,21)15-6-3-5-13(10-15)17-7-2-1-4-14(17)12-23-16-8-9-22-11-16/h1-7,10,16,22H,8-9,11-12H2. The van der Waals surface area contributed by atoms with Crippen LogP contribution in [0.5, 0.6) is 0 Å². The minimum atomic E-state index is -4.34. The van der Waals surface area contributed by atoms with E-state index in [2.05, 4.69) is 5.32 Å². The van der Waals surface area contributed by atoms with Crippen molar-refractivity contribution in [3.05, 3.63) is 59.7 Å². The van der Waals surface area contributed by atoms with Gasteiger partial charge >= 0.3 is 6.18 Å². The highest BCUT2D eigenvalue weighted by Crippen LogP contribution is 2.33. The molecule has 1 saturated heterocycles. The lowest BCUT2D eigenvalue weighted by Gasteiger charge is -2.15. The molecule has 0 amide bonds. The van der Waals surface area contributed by atoms with Gasteiger partial charge in [-0.25, -0.2) is 0 Å². The Kier molecular flexibility index (Phi) is 4.68. The van der Waals surface area contributed by atoms with Gasteiger partial charge in [-0.2, -0.15) is 13.2 Å². The summed E-state index contributed by atoms with van der Waals surface area (Å²) in [5, 5.41) is 3.23. The Morgan fingerprint density at radius 1 is 1.09 bits per heavy atom. The van der Waals surface area contributed by atoms with Crippen molar-refractivity contribution in [1.82, 2.24) is 5.32 Å². The maximum Gasteiger partial charge on any atom is 0.416 e. The summed E-state index contributed by atoms with van der Waals surface area (Å²) in [6, 6.07) is 12.9. The molecule has 0 radical (unpaired) electrons. The fraction of sp³-hybridized carbons (Fsp3) is 0.333. The van der Waals surface area contributed by atoms with Gasteiger partial charge in [-0.15, -0.1) is 0 Å². The maximum absolute atomic E-state index is 12.9. The fourth-order valence-corrected chi connectivity index (χ4v) is 2.77. The first-order valence-corrected chi connectivity index (χ1v) is 7.62. The Bertz CT molecular complexity index is 663. The SMILES string of the molecule is FC(F)(F)c1cccc(-c2ccccc2COC2CCNC2)c1. The van der Waals surface area contributed by atoms with Crippen molar-refractivity contribution in [2.75, 3.05) is 13.1 Å². The van der Waals surface area contributed by atoms with Crippen LogP contribution in [0.4, 0.5) is 13.2 Å². The van der Waals surface area contributed by atoms with Gasteiger partial charge in [-0.05, 0) is 41.8 Å². The first-order valence-electron chi connectivity index (χ1n) is 7.62. The van der Waals surface area contributed by atoms with Gasteiger partial charge in [0.1, 0.15) is 0 Å². The Hall–Kier alpha value is -1.85. The van der Waals surface area contributed by atoms with Crippen molar-refractivity contribution in [2.24, 2.45) is 0 Å². The molecule has 0 aliphatic carbocycles. The monoisotopic (exact) mass is 321 g/mol. The van der Waals surface area contributed by atoms with Crippen molar-refractivity contribution in [1.29, 1.82) is 0 Å². The van der Waals surface area contributed by atoms with E-state index >= 15 is 0 Å². The average molecular weight is 321 g/mol. The van der Waals surface area contributed by atoms with Gasteiger partial charge in [0, 0.05) is 6.54 Å². The number of halogens is 3. The summed E-state index contributed by atoms with van der Waals surface area (Å²) in [5.41, 5.74) is 1.61. The van der Waals surface area contributed by atoms with Crippen LogP contribution in [-0.4, -0.2) is 19.2 Å². The molecule has 0 aromatic heterocycles. The van der Waals surface area contributed by atoms with Crippen LogP contribution in [-0.2, 0) is 17.5 Å². The second-order valence-corrected chi connectivity index (χ2v) is 5.66. The number of alkyl halides is 3. The van der Waals surface area contributed by atoms with Crippen LogP contribution in [0.25, 0.3) is 11.1 Å². The molecule has 0 bridgehead atoms. The van der Waals surface area contributed by atoms with Gasteiger partial charge in [-0.1, -0.05) is 36.4 Å². The van der Waals surface area contributed by atoms with Crippen molar-refractivity contribution < 1.29 is 17.9 Å². The summed E-state index contributed by atoms with van der Waals surface area (Å²) in [4.78, 5) is 0. The van der Waals surface area contributed by atoms with Crippen molar-refractivity contribution in [3.63, 3.8) is 0 Å². The molecular formula is C18H18F3NO. The molecule has 0 spiro atoms. The molecule has 2 aromatic rings. The summed E-state index contributed by atoms with van der Waals surface area (Å²) in [6.45, 7) is 2.17. The van der Waals surface area contributed by atoms with E-state index in [0.717, 1.165) is 36.7 Å². The molecule has 3 rings (SSSR count). The maximum atomic E-state index is 12.9. The zero-order valence-electron chi connectivity index (χ0n) is 12.6. The summed E-state index contributed by atoms with van der Waals surface area (Å²) >= 11 is 0. The number of rotatable bonds is 4. The van der Waals surface area contributed by atoms with Crippen molar-refractivity contribution >= 4 is 0 Å². The van der Waals surface area contributed by atoms with Gasteiger partial charge in [0.2, 0.25) is 0 Å². The van der Waals surface area contributed by atoms with Crippen molar-refractivity contribution in [3.8, 4) is 11.1 Å². The third-order valence-electron chi connectivity index (χ3n) is 4.01. The van der Waals surface area contributed by atoms with Crippen LogP contribution < -0.4 is 5.32 Å². The minimum absolute atomic E-state index is 0.171. The highest BCUT2D eigenvalue weighted by molar-refractivity contribution is 5.68. The lowest BCUT2D eigenvalue weighted by molar-refractivity contribution is -0.137. The lowest BCUT2D eigenvalue weighted by Crippen LogP contribution is -2.16. The molecule has 23 heavy (non-hydrogen) atoms. The summed E-state index contributed by atoms with van der Waals surface area (Å²) < 4.78 is 44.6. The van der Waals surface area contributed by atoms with Gasteiger partial charge < -0.3 is 10.1 Å². The molecule has 1 unspecified atom stereocenters. The smallest absolute Gasteiger partial charge is 0.372 e. The highest BCUT2D eigenvalue weighted by atomic mass is 19.4. The van der Waals surface area contributed by atoms with Crippen LogP contribution in [0.3, 0.4) is 0 Å². The minimum Gasteiger partial charge on any atom is -0.372 e. The number of hydrogen-bond acceptors (Lipinski definition) is 2. The third-order valence-corrected chi connectivity index (χ3v) is 4.01. The Morgan fingerprint density at radius 2 is 1.91 bits per heavy atom. The van der Waals surface area contributed by atoms with E-state index in [4.69, 9.17) is 4.74 Å². The molecular weight excluding hydrogens is 303 g/mol. The van der Waals surface area contributed by atoms with E-state index in [1.54, 1.807) is 6.07 Å². The second kappa shape index (κ2) is 6.72. The van der Waals surface area contributed by atoms with Crippen LogP contribution in [0, 0.1) is 0 Å². The third kappa shape index (κ3) is 3.92. The molecule has 1 aliphatic heterocycles. The van der Waals surface area contributed by atoms with Gasteiger partial charge in [-0.3, -0.25) is 0 Å². The molecule has 122 valence electrons. The zero-order valence-corrected chi connectivity index (χ0v) is 12.6. The molecule has 1 fully saturated rings. The number of benzene rings is 2. The highest BCUT2D eigenvalue weighted by Gasteiger charge is 2.30. The first-order chi connectivity index (χ1) is 11.0. The lowest BCUT2D eigenvalue weighted by atomic mass is 9.98. The fourth-order valence-electron chi connectivity index (χ4n) is 2.77. The quantitative estimate of drug-likeness (QED) is 0.909. The summed E-state index contributed by atoms with van der Waals surface area (Å²) in [7, 11) is 0. The van der Waals surface area contributed by atoms with Crippen molar-refractivity contribution in [2.45, 2.75) is 25.3 Å². The van der Waals surface area contributed by atoms with Gasteiger partial charge in [0.05, 0.1) is 18.3 Å². The Morgan fingerprint density at radius 3 is 2.65 bits per heavy atom. The van der Waals surface area contributed by atoms with E-state index in [1.807, 2.05) is 24.3 Å². The van der Waals surface area contributed by atoms with Gasteiger partial charge in [0.15, 0.2) is 0 Å². The summed E-state index contributed by atoms with van der Waals surface area (Å²) in [6.07, 6.45) is -3.20. The molecule has 0 saturated carbocycles. The molecule has 1 N–H and O–H groups in total. The molecule has 2 aromatic carbocycles. The second-order valence-electron chi connectivity index (χ2n) is 5.66. The largest absolute Gasteiger partial charge is 0.416 e. The predicted molar refractivity (Wildman–Crippen MR) is 82.9 cm³/mol.